The van der Waals surface area contributed by atoms with E-state index in [2.05, 4.69) is 5.32 Å². The van der Waals surface area contributed by atoms with E-state index in [1.54, 1.807) is 11.0 Å². The van der Waals surface area contributed by atoms with Crippen LogP contribution in [-0.4, -0.2) is 62.2 Å². The minimum Gasteiger partial charge on any atom is -0.482 e. The van der Waals surface area contributed by atoms with E-state index in [4.69, 9.17) is 4.74 Å². The van der Waals surface area contributed by atoms with Crippen molar-refractivity contribution in [2.24, 2.45) is 5.92 Å². The maximum atomic E-state index is 13.0. The van der Waals surface area contributed by atoms with Crippen LogP contribution in [0.25, 0.3) is 0 Å². The molecule has 1 aliphatic carbocycles. The van der Waals surface area contributed by atoms with Crippen LogP contribution in [0.5, 0.6) is 5.75 Å². The number of sulfonamides is 1. The fourth-order valence-electron chi connectivity index (χ4n) is 3.95. The van der Waals surface area contributed by atoms with Crippen molar-refractivity contribution in [1.29, 1.82) is 0 Å². The standard InChI is InChI=1S/C18H23N3O5S/c22-17-12-26-16-6-5-14(11-15(16)19-17)27(24,25)21-9-7-20(8-10-21)18(23)13-3-1-2-4-13/h5-6,11,13H,1-4,7-10,12H2,(H,19,22). The van der Waals surface area contributed by atoms with E-state index in [0.717, 1.165) is 25.7 Å². The molecule has 3 aliphatic rings. The Labute approximate surface area is 158 Å². The zero-order valence-electron chi connectivity index (χ0n) is 15.0. The number of hydrogen-bond donors (Lipinski definition) is 1. The Morgan fingerprint density at radius 3 is 2.52 bits per heavy atom. The molecule has 1 aromatic carbocycles. The number of nitrogens with one attached hydrogen (secondary N) is 1. The van der Waals surface area contributed by atoms with E-state index in [1.165, 1.54) is 16.4 Å². The Morgan fingerprint density at radius 2 is 1.81 bits per heavy atom. The van der Waals surface area contributed by atoms with Gasteiger partial charge in [0.15, 0.2) is 6.61 Å². The van der Waals surface area contributed by atoms with Gasteiger partial charge in [-0.3, -0.25) is 9.59 Å². The molecule has 4 rings (SSSR count). The van der Waals surface area contributed by atoms with Crippen LogP contribution in [0.4, 0.5) is 5.69 Å². The molecule has 2 heterocycles. The maximum absolute atomic E-state index is 13.0. The number of piperazine rings is 1. The number of hydrogen-bond acceptors (Lipinski definition) is 5. The third-order valence-corrected chi connectivity index (χ3v) is 7.37. The fraction of sp³-hybridized carbons (Fsp3) is 0.556. The van der Waals surface area contributed by atoms with Gasteiger partial charge in [0.25, 0.3) is 5.91 Å². The summed E-state index contributed by atoms with van der Waals surface area (Å²) in [6.07, 6.45) is 4.09. The number of benzene rings is 1. The van der Waals surface area contributed by atoms with Gasteiger partial charge >= 0.3 is 0 Å². The van der Waals surface area contributed by atoms with Gasteiger partial charge < -0.3 is 15.0 Å². The summed E-state index contributed by atoms with van der Waals surface area (Å²) < 4.78 is 32.6. The highest BCUT2D eigenvalue weighted by Gasteiger charge is 2.34. The average Bonchev–Trinajstić information content (AvgIpc) is 3.21. The summed E-state index contributed by atoms with van der Waals surface area (Å²) in [6, 6.07) is 4.47. The number of ether oxygens (including phenoxy) is 1. The summed E-state index contributed by atoms with van der Waals surface area (Å²) in [7, 11) is -3.69. The number of anilines is 1. The van der Waals surface area contributed by atoms with E-state index in [0.29, 0.717) is 24.5 Å². The lowest BCUT2D eigenvalue weighted by molar-refractivity contribution is -0.136. The number of carbonyl (C=O) groups is 2. The lowest BCUT2D eigenvalue weighted by Crippen LogP contribution is -2.51. The monoisotopic (exact) mass is 393 g/mol. The zero-order valence-corrected chi connectivity index (χ0v) is 15.8. The number of carbonyl (C=O) groups excluding carboxylic acids is 2. The van der Waals surface area contributed by atoms with Crippen molar-refractivity contribution in [2.45, 2.75) is 30.6 Å². The third kappa shape index (κ3) is 3.53. The fourth-order valence-corrected chi connectivity index (χ4v) is 5.40. The Bertz CT molecular complexity index is 856. The van der Waals surface area contributed by atoms with Crippen molar-refractivity contribution in [3.63, 3.8) is 0 Å². The van der Waals surface area contributed by atoms with Gasteiger partial charge in [-0.05, 0) is 31.0 Å². The van der Waals surface area contributed by atoms with E-state index < -0.39 is 10.0 Å². The summed E-state index contributed by atoms with van der Waals surface area (Å²) in [4.78, 5) is 25.9. The van der Waals surface area contributed by atoms with E-state index in [1.807, 2.05) is 0 Å². The van der Waals surface area contributed by atoms with Crippen molar-refractivity contribution in [3.8, 4) is 5.75 Å². The lowest BCUT2D eigenvalue weighted by atomic mass is 10.1. The predicted molar refractivity (Wildman–Crippen MR) is 97.9 cm³/mol. The first-order valence-electron chi connectivity index (χ1n) is 9.31. The van der Waals surface area contributed by atoms with E-state index >= 15 is 0 Å². The van der Waals surface area contributed by atoms with E-state index in [9.17, 15) is 18.0 Å². The quantitative estimate of drug-likeness (QED) is 0.828. The van der Waals surface area contributed by atoms with Crippen molar-refractivity contribution in [2.75, 3.05) is 38.1 Å². The van der Waals surface area contributed by atoms with Crippen LogP contribution in [0.15, 0.2) is 23.1 Å². The van der Waals surface area contributed by atoms with Gasteiger partial charge in [0.05, 0.1) is 10.6 Å². The molecule has 1 saturated carbocycles. The van der Waals surface area contributed by atoms with Crippen molar-refractivity contribution >= 4 is 27.5 Å². The number of rotatable bonds is 3. The van der Waals surface area contributed by atoms with Gasteiger partial charge in [0.2, 0.25) is 15.9 Å². The Morgan fingerprint density at radius 1 is 1.11 bits per heavy atom. The molecular formula is C18H23N3O5S. The molecule has 8 nitrogen and oxygen atoms in total. The smallest absolute Gasteiger partial charge is 0.262 e. The Hall–Kier alpha value is -2.13. The molecule has 0 aromatic heterocycles. The SMILES string of the molecule is O=C1COc2ccc(S(=O)(=O)N3CCN(C(=O)C4CCCC4)CC3)cc2N1. The Balaban J connectivity index is 1.45. The first-order valence-corrected chi connectivity index (χ1v) is 10.7. The van der Waals surface area contributed by atoms with Crippen LogP contribution in [0.2, 0.25) is 0 Å². The lowest BCUT2D eigenvalue weighted by Gasteiger charge is -2.35. The number of nitrogens with zero attached hydrogens (tertiary/aromatic N) is 2. The van der Waals surface area contributed by atoms with Gasteiger partial charge in [-0.1, -0.05) is 12.8 Å². The highest BCUT2D eigenvalue weighted by molar-refractivity contribution is 7.89. The molecule has 0 spiro atoms. The molecule has 0 unspecified atom stereocenters. The first-order chi connectivity index (χ1) is 12.9. The molecule has 2 aliphatic heterocycles. The molecule has 0 bridgehead atoms. The molecule has 9 heteroatoms. The summed E-state index contributed by atoms with van der Waals surface area (Å²) in [5, 5.41) is 2.63. The number of amides is 2. The summed E-state index contributed by atoms with van der Waals surface area (Å²) in [5.41, 5.74) is 0.363. The van der Waals surface area contributed by atoms with Crippen molar-refractivity contribution < 1.29 is 22.7 Å². The summed E-state index contributed by atoms with van der Waals surface area (Å²) in [5.74, 6) is 0.423. The van der Waals surface area contributed by atoms with Gasteiger partial charge in [-0.15, -0.1) is 0 Å². The van der Waals surface area contributed by atoms with Crippen LogP contribution >= 0.6 is 0 Å². The second-order valence-corrected chi connectivity index (χ2v) is 9.14. The average molecular weight is 393 g/mol. The van der Waals surface area contributed by atoms with Gasteiger partial charge in [-0.2, -0.15) is 4.31 Å². The highest BCUT2D eigenvalue weighted by atomic mass is 32.2. The second kappa shape index (κ2) is 7.12. The molecule has 27 heavy (non-hydrogen) atoms. The number of fused-ring (bicyclic) bond motifs is 1. The van der Waals surface area contributed by atoms with Crippen molar-refractivity contribution in [3.05, 3.63) is 18.2 Å². The molecule has 1 saturated heterocycles. The van der Waals surface area contributed by atoms with Crippen LogP contribution in [0, 0.1) is 5.92 Å². The summed E-state index contributed by atoms with van der Waals surface area (Å²) >= 11 is 0. The second-order valence-electron chi connectivity index (χ2n) is 7.21. The molecule has 0 radical (unpaired) electrons. The first kappa shape index (κ1) is 18.2. The van der Waals surface area contributed by atoms with Gasteiger partial charge in [0.1, 0.15) is 5.75 Å². The molecule has 2 amide bonds. The molecule has 1 N–H and O–H groups in total. The zero-order chi connectivity index (χ0) is 19.0. The maximum Gasteiger partial charge on any atom is 0.262 e. The molecule has 1 aromatic rings. The van der Waals surface area contributed by atoms with E-state index in [-0.39, 0.29) is 42.3 Å². The van der Waals surface area contributed by atoms with Gasteiger partial charge in [-0.25, -0.2) is 8.42 Å². The Kier molecular flexibility index (Phi) is 4.81. The molecular weight excluding hydrogens is 370 g/mol. The highest BCUT2D eigenvalue weighted by Crippen LogP contribution is 2.32. The predicted octanol–water partition coefficient (Wildman–Crippen LogP) is 1.04. The van der Waals surface area contributed by atoms with Crippen molar-refractivity contribution in [1.82, 2.24) is 9.21 Å². The molecule has 146 valence electrons. The minimum absolute atomic E-state index is 0.0733. The normalized spacial score (nSPS) is 21.5. The third-order valence-electron chi connectivity index (χ3n) is 5.48. The largest absolute Gasteiger partial charge is 0.482 e. The van der Waals surface area contributed by atoms with Crippen LogP contribution in [0.3, 0.4) is 0 Å². The summed E-state index contributed by atoms with van der Waals surface area (Å²) in [6.45, 7) is 1.32. The van der Waals surface area contributed by atoms with Crippen LogP contribution < -0.4 is 10.1 Å². The molecule has 2 fully saturated rings. The molecule has 0 atom stereocenters. The van der Waals surface area contributed by atoms with Gasteiger partial charge in [0, 0.05) is 32.1 Å². The van der Waals surface area contributed by atoms with Crippen LogP contribution in [0.1, 0.15) is 25.7 Å². The topological polar surface area (TPSA) is 96.0 Å². The van der Waals surface area contributed by atoms with Crippen LogP contribution in [-0.2, 0) is 19.6 Å². The minimum atomic E-state index is -3.69.